The van der Waals surface area contributed by atoms with Crippen molar-refractivity contribution in [3.63, 3.8) is 0 Å². The van der Waals surface area contributed by atoms with E-state index in [0.29, 0.717) is 0 Å². The number of aromatic nitrogens is 2. The zero-order chi connectivity index (χ0) is 11.0. The van der Waals surface area contributed by atoms with Crippen LogP contribution in [-0.4, -0.2) is 21.6 Å². The normalized spacial score (nSPS) is 15.9. The SMILES string of the molecule is Cn1ncc(C#N)c1N1C(=O)CCC1=O. The predicted octanol–water partition coefficient (Wildman–Crippen LogP) is -0.0548. The lowest BCUT2D eigenvalue weighted by Crippen LogP contribution is -2.31. The molecule has 0 radical (unpaired) electrons. The molecule has 6 nitrogen and oxygen atoms in total. The first-order valence-electron chi connectivity index (χ1n) is 4.43. The van der Waals surface area contributed by atoms with Gasteiger partial charge in [-0.2, -0.15) is 10.4 Å². The molecule has 6 heteroatoms. The van der Waals surface area contributed by atoms with Gasteiger partial charge in [0, 0.05) is 19.9 Å². The van der Waals surface area contributed by atoms with Crippen LogP contribution in [0.5, 0.6) is 0 Å². The van der Waals surface area contributed by atoms with Gasteiger partial charge in [0.1, 0.15) is 11.6 Å². The van der Waals surface area contributed by atoms with Crippen LogP contribution in [0.2, 0.25) is 0 Å². The highest BCUT2D eigenvalue weighted by Crippen LogP contribution is 2.24. The molecule has 2 amide bonds. The van der Waals surface area contributed by atoms with Crippen molar-refractivity contribution < 1.29 is 9.59 Å². The van der Waals surface area contributed by atoms with Crippen LogP contribution in [0, 0.1) is 11.3 Å². The van der Waals surface area contributed by atoms with Crippen molar-refractivity contribution in [3.8, 4) is 6.07 Å². The molecule has 1 fully saturated rings. The molecule has 0 spiro atoms. The molecule has 0 atom stereocenters. The van der Waals surface area contributed by atoms with Gasteiger partial charge in [-0.3, -0.25) is 14.3 Å². The van der Waals surface area contributed by atoms with Gasteiger partial charge in [0.15, 0.2) is 5.82 Å². The molecule has 0 aromatic carbocycles. The maximum absolute atomic E-state index is 11.5. The fourth-order valence-corrected chi connectivity index (χ4v) is 1.59. The van der Waals surface area contributed by atoms with E-state index < -0.39 is 0 Å². The monoisotopic (exact) mass is 204 g/mol. The fraction of sp³-hybridized carbons (Fsp3) is 0.333. The van der Waals surface area contributed by atoms with Crippen molar-refractivity contribution in [1.82, 2.24) is 9.78 Å². The highest BCUT2D eigenvalue weighted by molar-refractivity contribution is 6.19. The Bertz CT molecular complexity index is 467. The van der Waals surface area contributed by atoms with E-state index in [0.717, 1.165) is 4.90 Å². The lowest BCUT2D eigenvalue weighted by Gasteiger charge is -2.13. The molecular formula is C9H8N4O2. The summed E-state index contributed by atoms with van der Waals surface area (Å²) in [6.07, 6.45) is 1.75. The van der Waals surface area contributed by atoms with Crippen molar-refractivity contribution in [2.75, 3.05) is 4.90 Å². The van der Waals surface area contributed by atoms with Gasteiger partial charge in [-0.25, -0.2) is 4.90 Å². The molecule has 0 N–H and O–H groups in total. The van der Waals surface area contributed by atoms with E-state index in [-0.39, 0.29) is 36.0 Å². The summed E-state index contributed by atoms with van der Waals surface area (Å²) in [5.74, 6) is -0.287. The zero-order valence-corrected chi connectivity index (χ0v) is 8.10. The van der Waals surface area contributed by atoms with Gasteiger partial charge >= 0.3 is 0 Å². The van der Waals surface area contributed by atoms with E-state index in [1.807, 2.05) is 6.07 Å². The Kier molecular flexibility index (Phi) is 2.01. The Balaban J connectivity index is 2.53. The second kappa shape index (κ2) is 3.20. The van der Waals surface area contributed by atoms with Crippen molar-refractivity contribution in [2.24, 2.45) is 7.05 Å². The van der Waals surface area contributed by atoms with Crippen LogP contribution in [-0.2, 0) is 16.6 Å². The Morgan fingerprint density at radius 1 is 1.40 bits per heavy atom. The summed E-state index contributed by atoms with van der Waals surface area (Å²) < 4.78 is 1.36. The number of nitrogens with zero attached hydrogens (tertiary/aromatic N) is 4. The van der Waals surface area contributed by atoms with Crippen LogP contribution in [0.1, 0.15) is 18.4 Å². The number of nitriles is 1. The van der Waals surface area contributed by atoms with E-state index in [2.05, 4.69) is 5.10 Å². The number of aryl methyl sites for hydroxylation is 1. The Morgan fingerprint density at radius 3 is 2.53 bits per heavy atom. The highest BCUT2D eigenvalue weighted by Gasteiger charge is 2.34. The second-order valence-electron chi connectivity index (χ2n) is 3.24. The van der Waals surface area contributed by atoms with Gasteiger partial charge in [0.2, 0.25) is 11.8 Å². The fourth-order valence-electron chi connectivity index (χ4n) is 1.59. The summed E-state index contributed by atoms with van der Waals surface area (Å²) in [4.78, 5) is 23.9. The van der Waals surface area contributed by atoms with Gasteiger partial charge < -0.3 is 0 Å². The number of amides is 2. The van der Waals surface area contributed by atoms with Crippen LogP contribution in [0.25, 0.3) is 0 Å². The molecule has 0 unspecified atom stereocenters. The van der Waals surface area contributed by atoms with Crippen molar-refractivity contribution >= 4 is 17.6 Å². The predicted molar refractivity (Wildman–Crippen MR) is 49.7 cm³/mol. The maximum atomic E-state index is 11.5. The van der Waals surface area contributed by atoms with Crippen molar-refractivity contribution in [2.45, 2.75) is 12.8 Å². The lowest BCUT2D eigenvalue weighted by molar-refractivity contribution is -0.121. The van der Waals surface area contributed by atoms with E-state index in [1.54, 1.807) is 7.05 Å². The molecule has 1 aromatic rings. The highest BCUT2D eigenvalue weighted by atomic mass is 16.2. The van der Waals surface area contributed by atoms with E-state index in [9.17, 15) is 9.59 Å². The summed E-state index contributed by atoms with van der Waals surface area (Å²) in [5.41, 5.74) is 0.237. The summed E-state index contributed by atoms with van der Waals surface area (Å²) in [6.45, 7) is 0. The number of hydrogen-bond donors (Lipinski definition) is 0. The number of anilines is 1. The molecule has 15 heavy (non-hydrogen) atoms. The molecule has 1 aliphatic rings. The summed E-state index contributed by atoms with van der Waals surface area (Å²) in [7, 11) is 1.59. The number of imide groups is 1. The Morgan fingerprint density at radius 2 is 2.00 bits per heavy atom. The van der Waals surface area contributed by atoms with Gasteiger partial charge in [0.05, 0.1) is 6.20 Å². The third-order valence-electron chi connectivity index (χ3n) is 2.29. The van der Waals surface area contributed by atoms with E-state index in [1.165, 1.54) is 10.9 Å². The van der Waals surface area contributed by atoms with Gasteiger partial charge in [-0.05, 0) is 0 Å². The van der Waals surface area contributed by atoms with Crippen LogP contribution in [0.15, 0.2) is 6.20 Å². The van der Waals surface area contributed by atoms with Crippen molar-refractivity contribution in [1.29, 1.82) is 5.26 Å². The summed E-state index contributed by atoms with van der Waals surface area (Å²) in [6, 6.07) is 1.90. The second-order valence-corrected chi connectivity index (χ2v) is 3.24. The average molecular weight is 204 g/mol. The molecule has 76 valence electrons. The van der Waals surface area contributed by atoms with Crippen LogP contribution in [0.3, 0.4) is 0 Å². The van der Waals surface area contributed by atoms with E-state index in [4.69, 9.17) is 5.26 Å². The number of hydrogen-bond acceptors (Lipinski definition) is 4. The number of carbonyl (C=O) groups excluding carboxylic acids is 2. The molecule has 2 heterocycles. The minimum absolute atomic E-state index is 0.203. The standard InChI is InChI=1S/C9H8N4O2/c1-12-9(6(4-10)5-11-12)13-7(14)2-3-8(13)15/h5H,2-3H2,1H3. The zero-order valence-electron chi connectivity index (χ0n) is 8.10. The van der Waals surface area contributed by atoms with Crippen molar-refractivity contribution in [3.05, 3.63) is 11.8 Å². The molecule has 1 aromatic heterocycles. The summed E-state index contributed by atoms with van der Waals surface area (Å²) in [5, 5.41) is 12.7. The molecule has 2 rings (SSSR count). The quantitative estimate of drug-likeness (QED) is 0.600. The molecule has 0 bridgehead atoms. The van der Waals surface area contributed by atoms with Crippen LogP contribution >= 0.6 is 0 Å². The molecule has 1 aliphatic heterocycles. The third kappa shape index (κ3) is 1.29. The summed E-state index contributed by atoms with van der Waals surface area (Å²) >= 11 is 0. The molecule has 0 aliphatic carbocycles. The average Bonchev–Trinajstić information content (AvgIpc) is 2.71. The molecule has 0 saturated carbocycles. The largest absolute Gasteiger partial charge is 0.274 e. The smallest absolute Gasteiger partial charge is 0.235 e. The Labute approximate surface area is 85.7 Å². The number of rotatable bonds is 1. The Hall–Kier alpha value is -2.16. The number of carbonyl (C=O) groups is 2. The van der Waals surface area contributed by atoms with Gasteiger partial charge in [0.25, 0.3) is 0 Å². The maximum Gasteiger partial charge on any atom is 0.235 e. The lowest BCUT2D eigenvalue weighted by atomic mass is 10.3. The topological polar surface area (TPSA) is 79.0 Å². The third-order valence-corrected chi connectivity index (χ3v) is 2.29. The first-order chi connectivity index (χ1) is 7.15. The molecular weight excluding hydrogens is 196 g/mol. The van der Waals surface area contributed by atoms with Gasteiger partial charge in [-0.1, -0.05) is 0 Å². The van der Waals surface area contributed by atoms with Crippen LogP contribution < -0.4 is 4.90 Å². The van der Waals surface area contributed by atoms with Gasteiger partial charge in [-0.15, -0.1) is 0 Å². The van der Waals surface area contributed by atoms with Crippen LogP contribution in [0.4, 0.5) is 5.82 Å². The van der Waals surface area contributed by atoms with E-state index >= 15 is 0 Å². The first-order valence-corrected chi connectivity index (χ1v) is 4.43. The minimum atomic E-state index is -0.278. The minimum Gasteiger partial charge on any atom is -0.274 e. The molecule has 1 saturated heterocycles. The first kappa shape index (κ1) is 9.40.